The molecule has 136 valence electrons. The van der Waals surface area contributed by atoms with Crippen molar-refractivity contribution in [2.75, 3.05) is 26.0 Å². The van der Waals surface area contributed by atoms with E-state index >= 15 is 0 Å². The summed E-state index contributed by atoms with van der Waals surface area (Å²) < 4.78 is 5.62. The Kier molecular flexibility index (Phi) is 8.33. The number of hydrogen-bond acceptors (Lipinski definition) is 4. The van der Waals surface area contributed by atoms with Crippen LogP contribution >= 0.6 is 23.4 Å². The quantitative estimate of drug-likeness (QED) is 0.598. The summed E-state index contributed by atoms with van der Waals surface area (Å²) in [7, 11) is 1.81. The first-order valence-electron chi connectivity index (χ1n) is 8.27. The minimum absolute atomic E-state index is 0.103. The van der Waals surface area contributed by atoms with E-state index in [4.69, 9.17) is 21.6 Å². The van der Waals surface area contributed by atoms with Gasteiger partial charge in [0.25, 0.3) is 0 Å². The second kappa shape index (κ2) is 10.7. The number of rotatable bonds is 9. The van der Waals surface area contributed by atoms with Crippen molar-refractivity contribution in [1.29, 1.82) is 5.26 Å². The maximum Gasteiger partial charge on any atom is 0.232 e. The van der Waals surface area contributed by atoms with Crippen LogP contribution in [0.5, 0.6) is 5.75 Å². The zero-order valence-electron chi connectivity index (χ0n) is 14.7. The van der Waals surface area contributed by atoms with E-state index < -0.39 is 0 Å². The van der Waals surface area contributed by atoms with Crippen molar-refractivity contribution in [3.05, 3.63) is 64.7 Å². The van der Waals surface area contributed by atoms with E-state index in [-0.39, 0.29) is 5.91 Å². The maximum atomic E-state index is 12.1. The van der Waals surface area contributed by atoms with Gasteiger partial charge in [-0.1, -0.05) is 29.8 Å². The molecule has 0 unspecified atom stereocenters. The number of nitriles is 1. The van der Waals surface area contributed by atoms with Crippen LogP contribution in [-0.4, -0.2) is 36.8 Å². The van der Waals surface area contributed by atoms with Gasteiger partial charge < -0.3 is 9.64 Å². The van der Waals surface area contributed by atoms with Gasteiger partial charge in [-0.2, -0.15) is 5.26 Å². The van der Waals surface area contributed by atoms with Gasteiger partial charge >= 0.3 is 0 Å². The van der Waals surface area contributed by atoms with E-state index in [1.807, 2.05) is 31.3 Å². The number of nitrogens with zero attached hydrogens (tertiary/aromatic N) is 2. The van der Waals surface area contributed by atoms with Gasteiger partial charge in [-0.15, -0.1) is 11.8 Å². The lowest BCUT2D eigenvalue weighted by Gasteiger charge is -2.17. The number of carbonyl (C=O) groups excluding carboxylic acids is 1. The largest absolute Gasteiger partial charge is 0.493 e. The molecule has 0 heterocycles. The van der Waals surface area contributed by atoms with Gasteiger partial charge in [0.2, 0.25) is 5.91 Å². The molecule has 0 aliphatic heterocycles. The first-order chi connectivity index (χ1) is 12.6. The highest BCUT2D eigenvalue weighted by Gasteiger charge is 2.08. The first kappa shape index (κ1) is 20.2. The van der Waals surface area contributed by atoms with Crippen molar-refractivity contribution in [3.8, 4) is 11.8 Å². The third-order valence-corrected chi connectivity index (χ3v) is 4.93. The number of hydrogen-bond donors (Lipinski definition) is 0. The fraction of sp³-hybridized carbons (Fsp3) is 0.300. The molecule has 4 nitrogen and oxygen atoms in total. The predicted octanol–water partition coefficient (Wildman–Crippen LogP) is 4.37. The molecule has 2 aromatic carbocycles. The summed E-state index contributed by atoms with van der Waals surface area (Å²) in [5, 5.41) is 9.43. The van der Waals surface area contributed by atoms with Gasteiger partial charge in [-0.05, 0) is 42.3 Å². The van der Waals surface area contributed by atoms with Crippen molar-refractivity contribution in [1.82, 2.24) is 4.90 Å². The summed E-state index contributed by atoms with van der Waals surface area (Å²) in [4.78, 5) is 13.9. The lowest BCUT2D eigenvalue weighted by Crippen LogP contribution is -2.30. The van der Waals surface area contributed by atoms with E-state index in [0.29, 0.717) is 29.5 Å². The van der Waals surface area contributed by atoms with Crippen molar-refractivity contribution < 1.29 is 9.53 Å². The van der Waals surface area contributed by atoms with Crippen LogP contribution in [0.2, 0.25) is 5.02 Å². The van der Waals surface area contributed by atoms with E-state index in [2.05, 4.69) is 6.07 Å². The monoisotopic (exact) mass is 388 g/mol. The van der Waals surface area contributed by atoms with Crippen LogP contribution in [0, 0.1) is 11.3 Å². The molecule has 0 fully saturated rings. The van der Waals surface area contributed by atoms with Crippen LogP contribution < -0.4 is 4.74 Å². The summed E-state index contributed by atoms with van der Waals surface area (Å²) in [6, 6.07) is 16.8. The molecule has 0 aromatic heterocycles. The highest BCUT2D eigenvalue weighted by Crippen LogP contribution is 2.17. The first-order valence-corrected chi connectivity index (χ1v) is 9.81. The Morgan fingerprint density at radius 3 is 2.73 bits per heavy atom. The molecule has 0 aliphatic rings. The topological polar surface area (TPSA) is 53.3 Å². The molecule has 2 rings (SSSR count). The third kappa shape index (κ3) is 6.99. The highest BCUT2D eigenvalue weighted by molar-refractivity contribution is 7.99. The Morgan fingerprint density at radius 1 is 1.27 bits per heavy atom. The molecule has 6 heteroatoms. The summed E-state index contributed by atoms with van der Waals surface area (Å²) >= 11 is 7.48. The second-order valence-electron chi connectivity index (χ2n) is 5.78. The third-order valence-electron chi connectivity index (χ3n) is 3.71. The van der Waals surface area contributed by atoms with Crippen LogP contribution in [0.25, 0.3) is 0 Å². The molecule has 0 N–H and O–H groups in total. The Hall–Kier alpha value is -2.16. The molecular formula is C20H21ClN2O2S. The van der Waals surface area contributed by atoms with E-state index in [1.165, 1.54) is 0 Å². The standard InChI is InChI=1S/C20H21ClN2O2S/c1-23(10-3-11-25-19-5-2-4-18(21)12-19)20(24)15-26-14-17-8-6-16(13-22)7-9-17/h2,4-9,12H,3,10-11,14-15H2,1H3. The number of halogens is 1. The number of thioether (sulfide) groups is 1. The summed E-state index contributed by atoms with van der Waals surface area (Å²) in [6.45, 7) is 1.19. The Bertz CT molecular complexity index is 759. The molecule has 0 atom stereocenters. The van der Waals surface area contributed by atoms with Crippen molar-refractivity contribution in [3.63, 3.8) is 0 Å². The molecule has 1 amide bonds. The van der Waals surface area contributed by atoms with Crippen LogP contribution in [-0.2, 0) is 10.5 Å². The predicted molar refractivity (Wildman–Crippen MR) is 107 cm³/mol. The lowest BCUT2D eigenvalue weighted by molar-refractivity contribution is -0.127. The molecule has 0 aliphatic carbocycles. The van der Waals surface area contributed by atoms with Crippen LogP contribution in [0.1, 0.15) is 17.5 Å². The second-order valence-corrected chi connectivity index (χ2v) is 7.20. The summed E-state index contributed by atoms with van der Waals surface area (Å²) in [5.74, 6) is 2.03. The Labute approximate surface area is 163 Å². The minimum atomic E-state index is 0.103. The molecule has 0 bridgehead atoms. The lowest BCUT2D eigenvalue weighted by atomic mass is 10.2. The highest BCUT2D eigenvalue weighted by atomic mass is 35.5. The number of amides is 1. The molecule has 0 radical (unpaired) electrons. The molecule has 26 heavy (non-hydrogen) atoms. The minimum Gasteiger partial charge on any atom is -0.493 e. The van der Waals surface area contributed by atoms with Crippen LogP contribution in [0.4, 0.5) is 0 Å². The zero-order valence-corrected chi connectivity index (χ0v) is 16.2. The van der Waals surface area contributed by atoms with E-state index in [0.717, 1.165) is 23.5 Å². The van der Waals surface area contributed by atoms with Crippen molar-refractivity contribution in [2.24, 2.45) is 0 Å². The van der Waals surface area contributed by atoms with Crippen LogP contribution in [0.3, 0.4) is 0 Å². The molecule has 0 saturated carbocycles. The van der Waals surface area contributed by atoms with E-state index in [1.54, 1.807) is 40.9 Å². The molecule has 0 saturated heterocycles. The summed E-state index contributed by atoms with van der Waals surface area (Å²) in [6.07, 6.45) is 0.759. The SMILES string of the molecule is CN(CCCOc1cccc(Cl)c1)C(=O)CSCc1ccc(C#N)cc1. The Balaban J connectivity index is 1.61. The van der Waals surface area contributed by atoms with Crippen molar-refractivity contribution >= 4 is 29.3 Å². The average Bonchev–Trinajstić information content (AvgIpc) is 2.65. The van der Waals surface area contributed by atoms with Crippen LogP contribution in [0.15, 0.2) is 48.5 Å². The molecular weight excluding hydrogens is 368 g/mol. The average molecular weight is 389 g/mol. The fourth-order valence-electron chi connectivity index (χ4n) is 2.22. The normalized spacial score (nSPS) is 10.2. The van der Waals surface area contributed by atoms with Gasteiger partial charge in [0.15, 0.2) is 0 Å². The van der Waals surface area contributed by atoms with E-state index in [9.17, 15) is 4.79 Å². The van der Waals surface area contributed by atoms with Gasteiger partial charge in [-0.25, -0.2) is 0 Å². The number of benzene rings is 2. The van der Waals surface area contributed by atoms with Gasteiger partial charge in [-0.3, -0.25) is 4.79 Å². The molecule has 0 spiro atoms. The van der Waals surface area contributed by atoms with Gasteiger partial charge in [0.1, 0.15) is 5.75 Å². The van der Waals surface area contributed by atoms with Gasteiger partial charge in [0.05, 0.1) is 24.0 Å². The maximum absolute atomic E-state index is 12.1. The zero-order chi connectivity index (χ0) is 18.8. The number of ether oxygens (including phenoxy) is 1. The fourth-order valence-corrected chi connectivity index (χ4v) is 3.32. The Morgan fingerprint density at radius 2 is 2.04 bits per heavy atom. The van der Waals surface area contributed by atoms with Crippen molar-refractivity contribution in [2.45, 2.75) is 12.2 Å². The molecule has 2 aromatic rings. The number of carbonyl (C=O) groups is 1. The van der Waals surface area contributed by atoms with Gasteiger partial charge in [0, 0.05) is 24.4 Å². The summed E-state index contributed by atoms with van der Waals surface area (Å²) in [5.41, 5.74) is 1.76. The smallest absolute Gasteiger partial charge is 0.232 e.